The molecular weight excluding hydrogens is 565 g/mol. The van der Waals surface area contributed by atoms with E-state index in [4.69, 9.17) is 23.2 Å². The molecule has 1 atom stereocenters. The second-order valence-electron chi connectivity index (χ2n) is 12.0. The number of carbonyl (C=O) groups excluding carboxylic acids is 1. The van der Waals surface area contributed by atoms with Crippen LogP contribution in [0, 0.1) is 11.8 Å². The molecule has 0 radical (unpaired) electrons. The Hall–Kier alpha value is -1.64. The van der Waals surface area contributed by atoms with Crippen LogP contribution >= 0.6 is 23.2 Å². The molecule has 1 amide bonds. The van der Waals surface area contributed by atoms with E-state index in [1.54, 1.807) is 4.31 Å². The first-order valence-electron chi connectivity index (χ1n) is 14.6. The molecule has 0 N–H and O–H groups in total. The summed E-state index contributed by atoms with van der Waals surface area (Å²) in [4.78, 5) is 18.0. The molecule has 3 saturated heterocycles. The second-order valence-corrected chi connectivity index (χ2v) is 14.8. The molecular formula is C31H41Cl2N3O3S. The molecule has 0 aliphatic carbocycles. The standard InChI is InChI=1S/C31H41Cl2N3O3S/c1-40(38,39)36-19-12-25(13-20-36)24-10-17-34(18-11-24)21-15-31(27-8-9-28(32)29(33)22-27)14-5-16-35(23-31)30(37)26-6-3-2-4-7-26/h2-4,6-9,22,24-25H,5,10-21,23H2,1H3/t31-/m1/s1. The summed E-state index contributed by atoms with van der Waals surface area (Å²) in [5.74, 6) is 1.39. The van der Waals surface area contributed by atoms with Gasteiger partial charge in [0.2, 0.25) is 10.0 Å². The lowest BCUT2D eigenvalue weighted by Gasteiger charge is -2.45. The van der Waals surface area contributed by atoms with E-state index in [9.17, 15) is 13.2 Å². The fraction of sp³-hybridized carbons (Fsp3) is 0.581. The molecule has 2 aromatic carbocycles. The summed E-state index contributed by atoms with van der Waals surface area (Å²) in [6.45, 7) is 5.88. The van der Waals surface area contributed by atoms with Gasteiger partial charge in [0.1, 0.15) is 0 Å². The summed E-state index contributed by atoms with van der Waals surface area (Å²) in [6, 6.07) is 15.6. The van der Waals surface area contributed by atoms with E-state index in [-0.39, 0.29) is 11.3 Å². The normalized spacial score (nSPS) is 24.3. The first-order chi connectivity index (χ1) is 19.1. The van der Waals surface area contributed by atoms with Crippen LogP contribution in [-0.2, 0) is 15.4 Å². The average Bonchev–Trinajstić information content (AvgIpc) is 2.97. The third kappa shape index (κ3) is 6.87. The van der Waals surface area contributed by atoms with Gasteiger partial charge in [0.05, 0.1) is 16.3 Å². The van der Waals surface area contributed by atoms with Gasteiger partial charge in [0, 0.05) is 37.2 Å². The summed E-state index contributed by atoms with van der Waals surface area (Å²) in [7, 11) is -3.08. The van der Waals surface area contributed by atoms with E-state index >= 15 is 0 Å². The Kier molecular flexibility index (Phi) is 9.47. The van der Waals surface area contributed by atoms with E-state index in [1.165, 1.54) is 24.7 Å². The third-order valence-corrected chi connectivity index (χ3v) is 11.6. The summed E-state index contributed by atoms with van der Waals surface area (Å²) in [5, 5.41) is 1.12. The molecule has 6 nitrogen and oxygen atoms in total. The number of likely N-dealkylation sites (tertiary alicyclic amines) is 2. The van der Waals surface area contributed by atoms with Crippen LogP contribution in [-0.4, -0.2) is 80.5 Å². The Bertz CT molecular complexity index is 1280. The molecule has 3 aliphatic rings. The number of nitrogens with zero attached hydrogens (tertiary/aromatic N) is 3. The predicted octanol–water partition coefficient (Wildman–Crippen LogP) is 5.94. The molecule has 0 bridgehead atoms. The van der Waals surface area contributed by atoms with Crippen LogP contribution in [0.4, 0.5) is 0 Å². The van der Waals surface area contributed by atoms with E-state index in [1.807, 2.05) is 47.4 Å². The zero-order valence-corrected chi connectivity index (χ0v) is 25.7. The van der Waals surface area contributed by atoms with Gasteiger partial charge in [-0.2, -0.15) is 0 Å². The minimum absolute atomic E-state index is 0.0903. The van der Waals surface area contributed by atoms with Crippen molar-refractivity contribution in [2.24, 2.45) is 11.8 Å². The van der Waals surface area contributed by atoms with Gasteiger partial charge in [-0.3, -0.25) is 4.79 Å². The first-order valence-corrected chi connectivity index (χ1v) is 17.2. The lowest BCUT2D eigenvalue weighted by Crippen LogP contribution is -2.50. The highest BCUT2D eigenvalue weighted by Crippen LogP contribution is 2.41. The maximum absolute atomic E-state index is 13.4. The minimum Gasteiger partial charge on any atom is -0.338 e. The molecule has 218 valence electrons. The highest BCUT2D eigenvalue weighted by molar-refractivity contribution is 7.88. The Morgan fingerprint density at radius 2 is 1.55 bits per heavy atom. The number of rotatable bonds is 7. The highest BCUT2D eigenvalue weighted by Gasteiger charge is 2.40. The van der Waals surface area contributed by atoms with Crippen LogP contribution in [0.5, 0.6) is 0 Å². The van der Waals surface area contributed by atoms with Gasteiger partial charge in [-0.1, -0.05) is 47.5 Å². The highest BCUT2D eigenvalue weighted by atomic mass is 35.5. The predicted molar refractivity (Wildman–Crippen MR) is 163 cm³/mol. The number of carbonyl (C=O) groups is 1. The van der Waals surface area contributed by atoms with Crippen molar-refractivity contribution in [2.75, 3.05) is 52.1 Å². The van der Waals surface area contributed by atoms with Gasteiger partial charge in [-0.25, -0.2) is 12.7 Å². The van der Waals surface area contributed by atoms with Crippen molar-refractivity contribution in [3.05, 3.63) is 69.7 Å². The molecule has 0 unspecified atom stereocenters. The monoisotopic (exact) mass is 605 g/mol. The minimum atomic E-state index is -3.08. The van der Waals surface area contributed by atoms with Crippen molar-refractivity contribution < 1.29 is 13.2 Å². The van der Waals surface area contributed by atoms with E-state index in [0.717, 1.165) is 63.8 Å². The lowest BCUT2D eigenvalue weighted by atomic mass is 9.71. The Balaban J connectivity index is 1.24. The number of benzene rings is 2. The maximum Gasteiger partial charge on any atom is 0.253 e. The van der Waals surface area contributed by atoms with Crippen molar-refractivity contribution in [2.45, 2.75) is 50.4 Å². The largest absolute Gasteiger partial charge is 0.338 e. The molecule has 3 heterocycles. The van der Waals surface area contributed by atoms with Gasteiger partial charge in [0.15, 0.2) is 0 Å². The Morgan fingerprint density at radius 3 is 2.17 bits per heavy atom. The van der Waals surface area contributed by atoms with Crippen molar-refractivity contribution in [3.8, 4) is 0 Å². The maximum atomic E-state index is 13.4. The number of hydrogen-bond donors (Lipinski definition) is 0. The summed E-state index contributed by atoms with van der Waals surface area (Å²) in [6.07, 6.45) is 8.53. The van der Waals surface area contributed by atoms with E-state index in [0.29, 0.717) is 41.5 Å². The van der Waals surface area contributed by atoms with Gasteiger partial charge >= 0.3 is 0 Å². The molecule has 40 heavy (non-hydrogen) atoms. The molecule has 0 aromatic heterocycles. The third-order valence-electron chi connectivity index (χ3n) is 9.59. The van der Waals surface area contributed by atoms with Crippen molar-refractivity contribution in [1.29, 1.82) is 0 Å². The van der Waals surface area contributed by atoms with Crippen molar-refractivity contribution in [1.82, 2.24) is 14.1 Å². The van der Waals surface area contributed by atoms with Gasteiger partial charge < -0.3 is 9.80 Å². The van der Waals surface area contributed by atoms with Gasteiger partial charge in [-0.05, 0) is 106 Å². The molecule has 3 fully saturated rings. The first kappa shape index (κ1) is 29.8. The molecule has 3 aliphatic heterocycles. The van der Waals surface area contributed by atoms with Crippen LogP contribution in [0.3, 0.4) is 0 Å². The van der Waals surface area contributed by atoms with Crippen LogP contribution < -0.4 is 0 Å². The Morgan fingerprint density at radius 1 is 0.900 bits per heavy atom. The summed E-state index contributed by atoms with van der Waals surface area (Å²) < 4.78 is 25.4. The van der Waals surface area contributed by atoms with Crippen molar-refractivity contribution >= 4 is 39.1 Å². The molecule has 2 aromatic rings. The second kappa shape index (κ2) is 12.7. The number of amides is 1. The van der Waals surface area contributed by atoms with Crippen LogP contribution in [0.15, 0.2) is 48.5 Å². The SMILES string of the molecule is CS(=O)(=O)N1CCC(C2CCN(CC[C@]3(c4ccc(Cl)c(Cl)c4)CCCN(C(=O)c4ccccc4)C3)CC2)CC1. The fourth-order valence-corrected chi connectivity index (χ4v) is 8.35. The summed E-state index contributed by atoms with van der Waals surface area (Å²) in [5.41, 5.74) is 1.73. The Labute approximate surface area is 249 Å². The average molecular weight is 607 g/mol. The zero-order valence-electron chi connectivity index (χ0n) is 23.4. The molecule has 0 saturated carbocycles. The van der Waals surface area contributed by atoms with Gasteiger partial charge in [0.25, 0.3) is 5.91 Å². The summed E-state index contributed by atoms with van der Waals surface area (Å²) >= 11 is 12.8. The number of halogens is 2. The van der Waals surface area contributed by atoms with Crippen LogP contribution in [0.1, 0.15) is 60.9 Å². The number of sulfonamides is 1. The zero-order chi connectivity index (χ0) is 28.3. The van der Waals surface area contributed by atoms with Crippen molar-refractivity contribution in [3.63, 3.8) is 0 Å². The molecule has 9 heteroatoms. The van der Waals surface area contributed by atoms with E-state index < -0.39 is 10.0 Å². The van der Waals surface area contributed by atoms with Gasteiger partial charge in [-0.15, -0.1) is 0 Å². The van der Waals surface area contributed by atoms with Crippen LogP contribution in [0.2, 0.25) is 10.0 Å². The topological polar surface area (TPSA) is 60.9 Å². The smallest absolute Gasteiger partial charge is 0.253 e. The number of hydrogen-bond acceptors (Lipinski definition) is 4. The van der Waals surface area contributed by atoms with Crippen LogP contribution in [0.25, 0.3) is 0 Å². The number of piperidine rings is 3. The quantitative estimate of drug-likeness (QED) is 0.392. The molecule has 5 rings (SSSR count). The molecule has 0 spiro atoms. The van der Waals surface area contributed by atoms with E-state index in [2.05, 4.69) is 11.0 Å². The lowest BCUT2D eigenvalue weighted by molar-refractivity contribution is 0.0593. The fourth-order valence-electron chi connectivity index (χ4n) is 7.18.